The van der Waals surface area contributed by atoms with Crippen molar-refractivity contribution in [2.75, 3.05) is 0 Å². The summed E-state index contributed by atoms with van der Waals surface area (Å²) in [7, 11) is 0. The zero-order valence-corrected chi connectivity index (χ0v) is 11.8. The van der Waals surface area contributed by atoms with Gasteiger partial charge in [0, 0.05) is 5.56 Å². The molecule has 3 aromatic rings. The van der Waals surface area contributed by atoms with Crippen molar-refractivity contribution in [2.24, 2.45) is 0 Å². The molecule has 20 heavy (non-hydrogen) atoms. The lowest BCUT2D eigenvalue weighted by Crippen LogP contribution is -2.03. The number of benzene rings is 1. The largest absolute Gasteiger partial charge is 0.231 e. The molecule has 0 N–H and O–H groups in total. The molecule has 0 unspecified atom stereocenters. The minimum Gasteiger partial charge on any atom is -0.231 e. The van der Waals surface area contributed by atoms with Crippen LogP contribution in [0.1, 0.15) is 11.4 Å². The van der Waals surface area contributed by atoms with Gasteiger partial charge >= 0.3 is 0 Å². The summed E-state index contributed by atoms with van der Waals surface area (Å²) in [5, 5.41) is 8.56. The van der Waals surface area contributed by atoms with Crippen molar-refractivity contribution < 1.29 is 0 Å². The lowest BCUT2D eigenvalue weighted by atomic mass is 10.2. The summed E-state index contributed by atoms with van der Waals surface area (Å²) in [5.41, 5.74) is 3.28. The molecule has 0 bridgehead atoms. The van der Waals surface area contributed by atoms with E-state index in [4.69, 9.17) is 11.6 Å². The van der Waals surface area contributed by atoms with E-state index >= 15 is 0 Å². The lowest BCUT2D eigenvalue weighted by molar-refractivity contribution is 0.804. The Morgan fingerprint density at radius 1 is 1.05 bits per heavy atom. The average Bonchev–Trinajstić information content (AvgIpc) is 2.93. The first-order valence-electron chi connectivity index (χ1n) is 6.14. The Bertz CT molecular complexity index is 752. The van der Waals surface area contributed by atoms with E-state index < -0.39 is 0 Å². The van der Waals surface area contributed by atoms with Crippen LogP contribution in [0.5, 0.6) is 0 Å². The van der Waals surface area contributed by atoms with E-state index in [1.165, 1.54) is 0 Å². The van der Waals surface area contributed by atoms with Gasteiger partial charge in [0.2, 0.25) is 0 Å². The number of halogens is 1. The third-order valence-corrected chi connectivity index (χ3v) is 3.36. The predicted octanol–water partition coefficient (Wildman–Crippen LogP) is 2.99. The normalized spacial score (nSPS) is 10.8. The first-order valence-corrected chi connectivity index (χ1v) is 6.52. The maximum Gasteiger partial charge on any atom is 0.136 e. The van der Waals surface area contributed by atoms with E-state index in [2.05, 4.69) is 20.3 Å². The highest BCUT2D eigenvalue weighted by molar-refractivity contribution is 6.30. The maximum absolute atomic E-state index is 6.13. The molecule has 0 amide bonds. The zero-order valence-electron chi connectivity index (χ0n) is 11.1. The Balaban J connectivity index is 2.21. The molecule has 2 aromatic heterocycles. The molecule has 0 aliphatic heterocycles. The smallest absolute Gasteiger partial charge is 0.136 e. The minimum absolute atomic E-state index is 0.452. The van der Waals surface area contributed by atoms with Crippen LogP contribution in [0.25, 0.3) is 17.1 Å². The highest BCUT2D eigenvalue weighted by Crippen LogP contribution is 2.26. The highest BCUT2D eigenvalue weighted by atomic mass is 35.5. The fourth-order valence-corrected chi connectivity index (χ4v) is 2.21. The van der Waals surface area contributed by atoms with Gasteiger partial charge in [-0.15, -0.1) is 5.10 Å². The zero-order chi connectivity index (χ0) is 14.1. The summed E-state index contributed by atoms with van der Waals surface area (Å²) in [6.07, 6.45) is 1.68. The molecule has 0 radical (unpaired) electrons. The van der Waals surface area contributed by atoms with Crippen molar-refractivity contribution in [3.63, 3.8) is 0 Å². The van der Waals surface area contributed by atoms with Crippen molar-refractivity contribution in [3.8, 4) is 17.1 Å². The van der Waals surface area contributed by atoms with Crippen molar-refractivity contribution in [1.29, 1.82) is 0 Å². The quantitative estimate of drug-likeness (QED) is 0.679. The number of hydrogen-bond donors (Lipinski definition) is 0. The van der Waals surface area contributed by atoms with Crippen molar-refractivity contribution in [3.05, 3.63) is 53.1 Å². The predicted molar refractivity (Wildman–Crippen MR) is 76.9 cm³/mol. The fourth-order valence-electron chi connectivity index (χ4n) is 2.00. The van der Waals surface area contributed by atoms with Crippen LogP contribution in [-0.2, 0) is 0 Å². The van der Waals surface area contributed by atoms with Crippen molar-refractivity contribution in [2.45, 2.75) is 13.8 Å². The number of rotatable bonds is 2. The molecule has 5 nitrogen and oxygen atoms in total. The second kappa shape index (κ2) is 5.02. The van der Waals surface area contributed by atoms with Gasteiger partial charge in [0.25, 0.3) is 0 Å². The Morgan fingerprint density at radius 2 is 1.80 bits per heavy atom. The van der Waals surface area contributed by atoms with Crippen LogP contribution in [-0.4, -0.2) is 25.0 Å². The van der Waals surface area contributed by atoms with Crippen LogP contribution < -0.4 is 0 Å². The second-order valence-corrected chi connectivity index (χ2v) is 4.76. The Kier molecular flexibility index (Phi) is 3.20. The number of para-hydroxylation sites is 1. The molecule has 0 atom stereocenters. The molecule has 0 fully saturated rings. The van der Waals surface area contributed by atoms with E-state index in [1.807, 2.05) is 44.2 Å². The van der Waals surface area contributed by atoms with E-state index in [-0.39, 0.29) is 0 Å². The summed E-state index contributed by atoms with van der Waals surface area (Å²) >= 11 is 6.13. The molecule has 0 aliphatic carbocycles. The summed E-state index contributed by atoms with van der Waals surface area (Å²) in [4.78, 5) is 8.62. The SMILES string of the molecule is Cc1nc(Cl)c(C)c(-c2cnnn2-c2ccccc2)n1. The van der Waals surface area contributed by atoms with Crippen LogP contribution in [0.3, 0.4) is 0 Å². The van der Waals surface area contributed by atoms with Crippen molar-refractivity contribution in [1.82, 2.24) is 25.0 Å². The molecule has 100 valence electrons. The van der Waals surface area contributed by atoms with Gasteiger partial charge in [-0.3, -0.25) is 0 Å². The lowest BCUT2D eigenvalue weighted by Gasteiger charge is -2.09. The Morgan fingerprint density at radius 3 is 2.55 bits per heavy atom. The van der Waals surface area contributed by atoms with E-state index in [9.17, 15) is 0 Å². The van der Waals surface area contributed by atoms with Gasteiger partial charge in [-0.1, -0.05) is 35.0 Å². The second-order valence-electron chi connectivity index (χ2n) is 4.40. The van der Waals surface area contributed by atoms with Gasteiger partial charge in [-0.05, 0) is 26.0 Å². The number of aromatic nitrogens is 5. The third kappa shape index (κ3) is 2.16. The van der Waals surface area contributed by atoms with Crippen LogP contribution >= 0.6 is 11.6 Å². The van der Waals surface area contributed by atoms with Gasteiger partial charge in [0.05, 0.1) is 17.6 Å². The topological polar surface area (TPSA) is 56.5 Å². The molecule has 0 spiro atoms. The van der Waals surface area contributed by atoms with Gasteiger partial charge in [-0.25, -0.2) is 14.6 Å². The molecule has 0 aliphatic rings. The molecule has 0 saturated carbocycles. The third-order valence-electron chi connectivity index (χ3n) is 2.99. The van der Waals surface area contributed by atoms with E-state index in [0.29, 0.717) is 11.0 Å². The van der Waals surface area contributed by atoms with E-state index in [1.54, 1.807) is 10.9 Å². The summed E-state index contributed by atoms with van der Waals surface area (Å²) in [6.45, 7) is 3.70. The van der Waals surface area contributed by atoms with Gasteiger partial charge in [0.15, 0.2) is 0 Å². The summed E-state index contributed by atoms with van der Waals surface area (Å²) in [5.74, 6) is 0.622. The molecular weight excluding hydrogens is 274 g/mol. The maximum atomic E-state index is 6.13. The van der Waals surface area contributed by atoms with Crippen molar-refractivity contribution >= 4 is 11.6 Å². The van der Waals surface area contributed by atoms with Gasteiger partial charge in [0.1, 0.15) is 16.7 Å². The molecular formula is C14H12ClN5. The molecule has 1 aromatic carbocycles. The molecule has 3 rings (SSSR count). The average molecular weight is 286 g/mol. The number of nitrogens with zero attached hydrogens (tertiary/aromatic N) is 5. The fraction of sp³-hybridized carbons (Fsp3) is 0.143. The first kappa shape index (κ1) is 12.7. The Labute approximate surface area is 121 Å². The Hall–Kier alpha value is -2.27. The van der Waals surface area contributed by atoms with E-state index in [0.717, 1.165) is 22.6 Å². The number of hydrogen-bond acceptors (Lipinski definition) is 4. The summed E-state index contributed by atoms with van der Waals surface area (Å²) < 4.78 is 1.74. The summed E-state index contributed by atoms with van der Waals surface area (Å²) in [6, 6.07) is 9.78. The van der Waals surface area contributed by atoms with Crippen LogP contribution in [0, 0.1) is 13.8 Å². The van der Waals surface area contributed by atoms with Gasteiger partial charge in [-0.2, -0.15) is 0 Å². The monoisotopic (exact) mass is 285 g/mol. The van der Waals surface area contributed by atoms with Crippen LogP contribution in [0.2, 0.25) is 5.15 Å². The van der Waals surface area contributed by atoms with Crippen LogP contribution in [0.4, 0.5) is 0 Å². The molecule has 6 heteroatoms. The standard InChI is InChI=1S/C14H12ClN5/c1-9-13(17-10(2)18-14(9)15)12-8-16-19-20(12)11-6-4-3-5-7-11/h3-8H,1-2H3. The van der Waals surface area contributed by atoms with Gasteiger partial charge < -0.3 is 0 Å². The molecule has 0 saturated heterocycles. The number of aryl methyl sites for hydroxylation is 1. The highest BCUT2D eigenvalue weighted by Gasteiger charge is 2.15. The first-order chi connectivity index (χ1) is 9.66. The molecule has 2 heterocycles. The van der Waals surface area contributed by atoms with Crippen LogP contribution in [0.15, 0.2) is 36.5 Å². The minimum atomic E-state index is 0.452.